The number of allylic oxidation sites excluding steroid dienone is 1. The average Bonchev–Trinajstić information content (AvgIpc) is 3.01. The highest BCUT2D eigenvalue weighted by atomic mass is 16.5. The van der Waals surface area contributed by atoms with Crippen LogP contribution in [-0.4, -0.2) is 53.4 Å². The van der Waals surface area contributed by atoms with Crippen LogP contribution >= 0.6 is 0 Å². The molecule has 0 atom stereocenters. The molecule has 2 heterocycles. The number of phenolic OH excluding ortho intramolecular Hbond substituents is 1. The first kappa shape index (κ1) is 17.8. The van der Waals surface area contributed by atoms with Crippen LogP contribution < -0.4 is 4.74 Å². The van der Waals surface area contributed by atoms with E-state index in [-0.39, 0.29) is 11.5 Å². The first-order chi connectivity index (χ1) is 13.2. The van der Waals surface area contributed by atoms with Crippen molar-refractivity contribution < 1.29 is 14.6 Å². The van der Waals surface area contributed by atoms with Crippen LogP contribution in [0.5, 0.6) is 11.5 Å². The summed E-state index contributed by atoms with van der Waals surface area (Å²) in [4.78, 5) is 17.5. The van der Waals surface area contributed by atoms with Crippen LogP contribution in [0.3, 0.4) is 0 Å². The van der Waals surface area contributed by atoms with Gasteiger partial charge in [-0.25, -0.2) is 0 Å². The number of fused-ring (bicyclic) bond motifs is 1. The first-order valence-corrected chi connectivity index (χ1v) is 9.44. The number of carbonyl (C=O) groups excluding carboxylic acids is 1. The zero-order valence-corrected chi connectivity index (χ0v) is 15.5. The van der Waals surface area contributed by atoms with Crippen molar-refractivity contribution in [3.63, 3.8) is 0 Å². The highest BCUT2D eigenvalue weighted by molar-refractivity contribution is 6.15. The van der Waals surface area contributed by atoms with Crippen molar-refractivity contribution in [2.75, 3.05) is 32.7 Å². The number of hydrogen-bond donors (Lipinski definition) is 1. The van der Waals surface area contributed by atoms with E-state index in [0.29, 0.717) is 29.2 Å². The largest absolute Gasteiger partial charge is 0.507 e. The number of benzene rings is 2. The number of piperazine rings is 1. The number of rotatable bonds is 4. The number of aromatic hydroxyl groups is 1. The van der Waals surface area contributed by atoms with E-state index in [1.54, 1.807) is 18.2 Å². The summed E-state index contributed by atoms with van der Waals surface area (Å²) in [6, 6.07) is 12.9. The van der Waals surface area contributed by atoms with Gasteiger partial charge in [0.15, 0.2) is 5.76 Å². The van der Waals surface area contributed by atoms with E-state index < -0.39 is 0 Å². The van der Waals surface area contributed by atoms with Gasteiger partial charge in [-0.05, 0) is 30.3 Å². The maximum atomic E-state index is 12.7. The predicted molar refractivity (Wildman–Crippen MR) is 105 cm³/mol. The Labute approximate surface area is 159 Å². The summed E-state index contributed by atoms with van der Waals surface area (Å²) in [7, 11) is 0. The van der Waals surface area contributed by atoms with Crippen molar-refractivity contribution >= 4 is 11.9 Å². The van der Waals surface area contributed by atoms with Crippen LogP contribution in [0.4, 0.5) is 0 Å². The molecule has 0 saturated carbocycles. The van der Waals surface area contributed by atoms with Gasteiger partial charge in [0.2, 0.25) is 5.78 Å². The highest BCUT2D eigenvalue weighted by Gasteiger charge is 2.32. The van der Waals surface area contributed by atoms with Crippen molar-refractivity contribution in [2.24, 2.45) is 0 Å². The first-order valence-electron chi connectivity index (χ1n) is 9.44. The van der Waals surface area contributed by atoms with E-state index in [1.807, 2.05) is 30.3 Å². The van der Waals surface area contributed by atoms with Gasteiger partial charge in [0, 0.05) is 32.7 Å². The van der Waals surface area contributed by atoms with Crippen LogP contribution in [0.15, 0.2) is 48.2 Å². The van der Waals surface area contributed by atoms with Crippen LogP contribution in [0, 0.1) is 0 Å². The van der Waals surface area contributed by atoms with Gasteiger partial charge in [-0.15, -0.1) is 0 Å². The number of nitrogens with zero attached hydrogens (tertiary/aromatic N) is 2. The Balaban J connectivity index is 1.59. The molecule has 0 amide bonds. The van der Waals surface area contributed by atoms with Gasteiger partial charge in [0.25, 0.3) is 0 Å². The minimum Gasteiger partial charge on any atom is -0.507 e. The van der Waals surface area contributed by atoms with Gasteiger partial charge in [0.1, 0.15) is 11.5 Å². The second-order valence-electron chi connectivity index (χ2n) is 7.00. The van der Waals surface area contributed by atoms with E-state index in [1.165, 1.54) is 0 Å². The summed E-state index contributed by atoms with van der Waals surface area (Å²) in [6.45, 7) is 7.74. The standard InChI is InChI=1S/C22H24N2O3/c1-2-23-10-12-24(13-11-23)15-18-19(25)9-8-17-21(26)20(27-22(17)18)14-16-6-4-3-5-7-16/h3-9,14,25H,2,10-13,15H2,1H3. The van der Waals surface area contributed by atoms with E-state index in [4.69, 9.17) is 4.74 Å². The molecule has 1 fully saturated rings. The smallest absolute Gasteiger partial charge is 0.231 e. The summed E-state index contributed by atoms with van der Waals surface area (Å²) >= 11 is 0. The van der Waals surface area contributed by atoms with E-state index >= 15 is 0 Å². The van der Waals surface area contributed by atoms with Crippen LogP contribution in [0.1, 0.15) is 28.4 Å². The second kappa shape index (κ2) is 7.55. The van der Waals surface area contributed by atoms with Crippen molar-refractivity contribution in [1.82, 2.24) is 9.80 Å². The molecule has 0 bridgehead atoms. The molecule has 27 heavy (non-hydrogen) atoms. The quantitative estimate of drug-likeness (QED) is 0.845. The monoisotopic (exact) mass is 364 g/mol. The van der Waals surface area contributed by atoms with Gasteiger partial charge in [-0.3, -0.25) is 9.69 Å². The van der Waals surface area contributed by atoms with E-state index in [9.17, 15) is 9.90 Å². The Morgan fingerprint density at radius 2 is 1.74 bits per heavy atom. The molecule has 140 valence electrons. The van der Waals surface area contributed by atoms with Gasteiger partial charge >= 0.3 is 0 Å². The maximum Gasteiger partial charge on any atom is 0.231 e. The minimum atomic E-state index is -0.133. The maximum absolute atomic E-state index is 12.7. The summed E-state index contributed by atoms with van der Waals surface area (Å²) < 4.78 is 5.93. The fourth-order valence-corrected chi connectivity index (χ4v) is 3.64. The van der Waals surface area contributed by atoms with Gasteiger partial charge in [0.05, 0.1) is 11.1 Å². The van der Waals surface area contributed by atoms with Crippen molar-refractivity contribution in [1.29, 1.82) is 0 Å². The number of carbonyl (C=O) groups is 1. The number of Topliss-reactive ketones (excluding diaryl/α,β-unsaturated/α-hetero) is 1. The Kier molecular flexibility index (Phi) is 4.97. The second-order valence-corrected chi connectivity index (χ2v) is 7.00. The van der Waals surface area contributed by atoms with Crippen molar-refractivity contribution in [3.8, 4) is 11.5 Å². The molecule has 0 aliphatic carbocycles. The molecule has 0 spiro atoms. The van der Waals surface area contributed by atoms with Crippen molar-refractivity contribution in [2.45, 2.75) is 13.5 Å². The third-order valence-electron chi connectivity index (χ3n) is 5.31. The van der Waals surface area contributed by atoms with Gasteiger partial charge in [-0.2, -0.15) is 0 Å². The lowest BCUT2D eigenvalue weighted by atomic mass is 10.0. The molecule has 2 aliphatic rings. The molecular formula is C22H24N2O3. The Hall–Kier alpha value is -2.63. The third kappa shape index (κ3) is 3.61. The molecule has 2 aliphatic heterocycles. The Morgan fingerprint density at radius 1 is 1.04 bits per heavy atom. The molecule has 4 rings (SSSR count). The third-order valence-corrected chi connectivity index (χ3v) is 5.31. The van der Waals surface area contributed by atoms with Crippen molar-refractivity contribution in [3.05, 3.63) is 64.9 Å². The van der Waals surface area contributed by atoms with Gasteiger partial charge < -0.3 is 14.7 Å². The highest BCUT2D eigenvalue weighted by Crippen LogP contribution is 2.40. The summed E-state index contributed by atoms with van der Waals surface area (Å²) in [5, 5.41) is 10.4. The lowest BCUT2D eigenvalue weighted by Crippen LogP contribution is -2.45. The molecule has 1 N–H and O–H groups in total. The molecule has 2 aromatic carbocycles. The molecule has 0 aromatic heterocycles. The fraction of sp³-hybridized carbons (Fsp3) is 0.318. The Bertz CT molecular complexity index is 869. The van der Waals surface area contributed by atoms with Crippen LogP contribution in [0.2, 0.25) is 0 Å². The molecule has 5 heteroatoms. The van der Waals surface area contributed by atoms with Crippen LogP contribution in [-0.2, 0) is 6.54 Å². The number of hydrogen-bond acceptors (Lipinski definition) is 5. The number of phenols is 1. The number of likely N-dealkylation sites (N-methyl/N-ethyl adjacent to an activating group) is 1. The predicted octanol–water partition coefficient (Wildman–Crippen LogP) is 3.15. The van der Waals surface area contributed by atoms with Gasteiger partial charge in [-0.1, -0.05) is 37.3 Å². The zero-order chi connectivity index (χ0) is 18.8. The molecule has 2 aromatic rings. The fourth-order valence-electron chi connectivity index (χ4n) is 3.64. The molecule has 0 unspecified atom stereocenters. The number of ketones is 1. The lowest BCUT2D eigenvalue weighted by Gasteiger charge is -2.34. The topological polar surface area (TPSA) is 53.0 Å². The summed E-state index contributed by atoms with van der Waals surface area (Å²) in [6.07, 6.45) is 1.75. The molecule has 1 saturated heterocycles. The average molecular weight is 364 g/mol. The molecule has 5 nitrogen and oxygen atoms in total. The number of ether oxygens (including phenoxy) is 1. The molecular weight excluding hydrogens is 340 g/mol. The molecule has 0 radical (unpaired) electrons. The SMILES string of the molecule is CCN1CCN(Cc2c(O)ccc3c2OC(=Cc2ccccc2)C3=O)CC1. The zero-order valence-electron chi connectivity index (χ0n) is 15.5. The van der Waals surface area contributed by atoms with E-state index in [2.05, 4.69) is 16.7 Å². The summed E-state index contributed by atoms with van der Waals surface area (Å²) in [5.74, 6) is 0.852. The van der Waals surface area contributed by atoms with Crippen LogP contribution in [0.25, 0.3) is 6.08 Å². The van der Waals surface area contributed by atoms with E-state index in [0.717, 1.165) is 38.3 Å². The normalized spacial score (nSPS) is 19.3. The minimum absolute atomic E-state index is 0.133. The summed E-state index contributed by atoms with van der Waals surface area (Å²) in [5.41, 5.74) is 2.13. The Morgan fingerprint density at radius 3 is 2.44 bits per heavy atom. The lowest BCUT2D eigenvalue weighted by molar-refractivity contribution is 0.101.